The van der Waals surface area contributed by atoms with Gasteiger partial charge in [0.05, 0.1) is 30.1 Å². The average molecular weight is 334 g/mol. The molecule has 0 aliphatic carbocycles. The molecule has 7 heteroatoms. The first kappa shape index (κ1) is 18.1. The van der Waals surface area contributed by atoms with Crippen molar-refractivity contribution >= 4 is 23.3 Å². The highest BCUT2D eigenvalue weighted by molar-refractivity contribution is 5.95. The molecule has 1 fully saturated rings. The third-order valence-corrected chi connectivity index (χ3v) is 3.81. The summed E-state index contributed by atoms with van der Waals surface area (Å²) in [4.78, 5) is 27.3. The summed E-state index contributed by atoms with van der Waals surface area (Å²) in [6.07, 6.45) is 0.265. The Kier molecular flexibility index (Phi) is 6.03. The van der Waals surface area contributed by atoms with Crippen LogP contribution in [0.15, 0.2) is 24.3 Å². The molecule has 0 saturated carbocycles. The second-order valence-electron chi connectivity index (χ2n) is 6.28. The van der Waals surface area contributed by atoms with Crippen molar-refractivity contribution < 1.29 is 14.3 Å². The van der Waals surface area contributed by atoms with E-state index in [1.807, 2.05) is 38.1 Å². The maximum Gasteiger partial charge on any atom is 0.319 e. The van der Waals surface area contributed by atoms with Gasteiger partial charge in [-0.05, 0) is 26.0 Å². The van der Waals surface area contributed by atoms with Gasteiger partial charge in [0.15, 0.2) is 0 Å². The molecule has 1 aliphatic heterocycles. The molecule has 1 aliphatic rings. The fourth-order valence-electron chi connectivity index (χ4n) is 2.71. The molecule has 3 amide bonds. The highest BCUT2D eigenvalue weighted by Gasteiger charge is 2.24. The number of benzene rings is 1. The number of hydrogen-bond acceptors (Lipinski definition) is 4. The topological polar surface area (TPSA) is 73.9 Å². The molecule has 2 N–H and O–H groups in total. The van der Waals surface area contributed by atoms with Crippen LogP contribution in [0.5, 0.6) is 0 Å². The number of carbonyl (C=O) groups is 2. The number of para-hydroxylation sites is 2. The van der Waals surface area contributed by atoms with Crippen LogP contribution in [0.3, 0.4) is 0 Å². The Morgan fingerprint density at radius 3 is 2.46 bits per heavy atom. The van der Waals surface area contributed by atoms with E-state index in [1.54, 1.807) is 14.1 Å². The van der Waals surface area contributed by atoms with Gasteiger partial charge in [0.25, 0.3) is 0 Å². The normalized spacial score (nSPS) is 20.4. The summed E-state index contributed by atoms with van der Waals surface area (Å²) in [6.45, 7) is 5.58. The minimum absolute atomic E-state index is 0.0351. The van der Waals surface area contributed by atoms with Gasteiger partial charge in [-0.25, -0.2) is 4.79 Å². The van der Waals surface area contributed by atoms with Crippen molar-refractivity contribution in [2.24, 2.45) is 0 Å². The maximum atomic E-state index is 12.1. The average Bonchev–Trinajstić information content (AvgIpc) is 2.52. The van der Waals surface area contributed by atoms with Crippen molar-refractivity contribution in [3.8, 4) is 0 Å². The Labute approximate surface area is 142 Å². The van der Waals surface area contributed by atoms with E-state index in [0.717, 1.165) is 18.8 Å². The van der Waals surface area contributed by atoms with E-state index in [0.29, 0.717) is 5.69 Å². The lowest BCUT2D eigenvalue weighted by molar-refractivity contribution is -0.127. The first-order chi connectivity index (χ1) is 11.4. The number of carbonyl (C=O) groups excluding carboxylic acids is 2. The van der Waals surface area contributed by atoms with Crippen molar-refractivity contribution in [2.45, 2.75) is 26.1 Å². The highest BCUT2D eigenvalue weighted by atomic mass is 16.5. The second kappa shape index (κ2) is 8.01. The van der Waals surface area contributed by atoms with Crippen molar-refractivity contribution in [1.82, 2.24) is 10.2 Å². The van der Waals surface area contributed by atoms with Crippen LogP contribution in [0.4, 0.5) is 16.2 Å². The summed E-state index contributed by atoms with van der Waals surface area (Å²) in [7, 11) is 3.30. The van der Waals surface area contributed by atoms with Gasteiger partial charge in [0.2, 0.25) is 5.91 Å². The fraction of sp³-hybridized carbons (Fsp3) is 0.529. The molecule has 1 saturated heterocycles. The Morgan fingerprint density at radius 1 is 1.21 bits per heavy atom. The summed E-state index contributed by atoms with van der Waals surface area (Å²) in [5.74, 6) is -0.158. The Bertz CT molecular complexity index is 581. The molecule has 2 rings (SSSR count). The number of hydrogen-bond donors (Lipinski definition) is 2. The van der Waals surface area contributed by atoms with E-state index in [1.165, 1.54) is 4.90 Å². The van der Waals surface area contributed by atoms with Crippen LogP contribution in [-0.4, -0.2) is 62.8 Å². The van der Waals surface area contributed by atoms with Gasteiger partial charge >= 0.3 is 6.03 Å². The monoisotopic (exact) mass is 334 g/mol. The zero-order chi connectivity index (χ0) is 17.7. The molecule has 0 unspecified atom stereocenters. The van der Waals surface area contributed by atoms with E-state index < -0.39 is 6.03 Å². The van der Waals surface area contributed by atoms with Gasteiger partial charge in [-0.15, -0.1) is 0 Å². The van der Waals surface area contributed by atoms with Crippen LogP contribution in [-0.2, 0) is 9.53 Å². The number of rotatable bonds is 4. The van der Waals surface area contributed by atoms with E-state index >= 15 is 0 Å². The van der Waals surface area contributed by atoms with E-state index in [9.17, 15) is 9.59 Å². The number of morpholine rings is 1. The molecule has 24 heavy (non-hydrogen) atoms. The van der Waals surface area contributed by atoms with Gasteiger partial charge in [-0.3, -0.25) is 4.79 Å². The zero-order valence-electron chi connectivity index (χ0n) is 14.7. The fourth-order valence-corrected chi connectivity index (χ4v) is 2.71. The van der Waals surface area contributed by atoms with Gasteiger partial charge < -0.3 is 25.2 Å². The largest absolute Gasteiger partial charge is 0.372 e. The van der Waals surface area contributed by atoms with Crippen LogP contribution in [0.1, 0.15) is 13.8 Å². The first-order valence-corrected chi connectivity index (χ1v) is 8.11. The Morgan fingerprint density at radius 2 is 1.83 bits per heavy atom. The highest BCUT2D eigenvalue weighted by Crippen LogP contribution is 2.28. The summed E-state index contributed by atoms with van der Waals surface area (Å²) in [5.41, 5.74) is 1.67. The number of likely N-dealkylation sites (N-methyl/N-ethyl adjacent to an activating group) is 1. The number of anilines is 2. The van der Waals surface area contributed by atoms with E-state index in [-0.39, 0.29) is 24.7 Å². The predicted octanol–water partition coefficient (Wildman–Crippen LogP) is 1.51. The Hall–Kier alpha value is -2.28. The number of amides is 3. The summed E-state index contributed by atoms with van der Waals surface area (Å²) in [6, 6.07) is 7.25. The maximum absolute atomic E-state index is 12.1. The number of nitrogens with zero attached hydrogens (tertiary/aromatic N) is 2. The minimum atomic E-state index is -0.396. The van der Waals surface area contributed by atoms with Crippen molar-refractivity contribution in [3.05, 3.63) is 24.3 Å². The lowest BCUT2D eigenvalue weighted by Crippen LogP contribution is -2.46. The first-order valence-electron chi connectivity index (χ1n) is 8.11. The summed E-state index contributed by atoms with van der Waals surface area (Å²) in [5, 5.41) is 5.40. The standard InChI is InChI=1S/C17H26N4O3/c1-12-10-21(11-13(2)24-12)15-8-6-5-7-14(15)19-17(23)18-9-16(22)20(3)4/h5-8,12-13H,9-11H2,1-4H3,(H2,18,19,23)/t12-,13-/m0/s1. The lowest BCUT2D eigenvalue weighted by atomic mass is 10.1. The smallest absolute Gasteiger partial charge is 0.319 e. The molecule has 1 aromatic carbocycles. The number of ether oxygens (including phenoxy) is 1. The van der Waals surface area contributed by atoms with E-state index in [4.69, 9.17) is 4.74 Å². The SMILES string of the molecule is C[C@H]1CN(c2ccccc2NC(=O)NCC(=O)N(C)C)C[C@H](C)O1. The zero-order valence-corrected chi connectivity index (χ0v) is 14.7. The van der Waals surface area contributed by atoms with Gasteiger partial charge in [0, 0.05) is 27.2 Å². The molecule has 7 nitrogen and oxygen atoms in total. The van der Waals surface area contributed by atoms with Crippen LogP contribution < -0.4 is 15.5 Å². The minimum Gasteiger partial charge on any atom is -0.372 e. The van der Waals surface area contributed by atoms with Gasteiger partial charge in [0.1, 0.15) is 0 Å². The van der Waals surface area contributed by atoms with Crippen LogP contribution in [0.25, 0.3) is 0 Å². The number of urea groups is 1. The molecule has 0 radical (unpaired) electrons. The molecule has 0 spiro atoms. The molecule has 132 valence electrons. The van der Waals surface area contributed by atoms with Gasteiger partial charge in [-0.1, -0.05) is 12.1 Å². The number of nitrogens with one attached hydrogen (secondary N) is 2. The second-order valence-corrected chi connectivity index (χ2v) is 6.28. The molecular weight excluding hydrogens is 308 g/mol. The summed E-state index contributed by atoms with van der Waals surface area (Å²) >= 11 is 0. The molecule has 1 heterocycles. The van der Waals surface area contributed by atoms with Crippen LogP contribution in [0, 0.1) is 0 Å². The van der Waals surface area contributed by atoms with Crippen LogP contribution >= 0.6 is 0 Å². The lowest BCUT2D eigenvalue weighted by Gasteiger charge is -2.37. The Balaban J connectivity index is 2.03. The van der Waals surface area contributed by atoms with Crippen molar-refractivity contribution in [3.63, 3.8) is 0 Å². The molecular formula is C17H26N4O3. The third-order valence-electron chi connectivity index (χ3n) is 3.81. The molecule has 1 aromatic rings. The van der Waals surface area contributed by atoms with Gasteiger partial charge in [-0.2, -0.15) is 0 Å². The van der Waals surface area contributed by atoms with Crippen LogP contribution in [0.2, 0.25) is 0 Å². The third kappa shape index (κ3) is 4.86. The van der Waals surface area contributed by atoms with E-state index in [2.05, 4.69) is 15.5 Å². The molecule has 2 atom stereocenters. The van der Waals surface area contributed by atoms with Crippen molar-refractivity contribution in [1.29, 1.82) is 0 Å². The molecule has 0 bridgehead atoms. The predicted molar refractivity (Wildman–Crippen MR) is 94.4 cm³/mol. The quantitative estimate of drug-likeness (QED) is 0.875. The summed E-state index contributed by atoms with van der Waals surface area (Å²) < 4.78 is 5.76. The molecule has 0 aromatic heterocycles. The van der Waals surface area contributed by atoms with Crippen molar-refractivity contribution in [2.75, 3.05) is 43.9 Å².